The molecule has 3 aliphatic heterocycles. The van der Waals surface area contributed by atoms with Gasteiger partial charge in [0.05, 0.1) is 25.7 Å². The van der Waals surface area contributed by atoms with Crippen molar-refractivity contribution >= 4 is 18.9 Å². The van der Waals surface area contributed by atoms with Gasteiger partial charge in [0.25, 0.3) is 0 Å². The fourth-order valence-electron chi connectivity index (χ4n) is 3.26. The molecule has 1 aromatic rings. The average molecular weight is 339 g/mol. The van der Waals surface area contributed by atoms with Crippen molar-refractivity contribution in [2.24, 2.45) is 0 Å². The molecule has 1 aromatic carbocycles. The maximum absolute atomic E-state index is 9.75. The minimum atomic E-state index is -6.00. The van der Waals surface area contributed by atoms with E-state index in [4.69, 9.17) is 11.6 Å². The van der Waals surface area contributed by atoms with E-state index in [2.05, 4.69) is 35.2 Å². The summed E-state index contributed by atoms with van der Waals surface area (Å²) in [4.78, 5) is 2.65. The van der Waals surface area contributed by atoms with E-state index >= 15 is 0 Å². The zero-order valence-electron chi connectivity index (χ0n) is 12.3. The van der Waals surface area contributed by atoms with E-state index in [1.54, 1.807) is 0 Å². The van der Waals surface area contributed by atoms with Crippen LogP contribution in [-0.4, -0.2) is 61.4 Å². The van der Waals surface area contributed by atoms with Gasteiger partial charge in [-0.1, -0.05) is 41.9 Å². The first-order valence-corrected chi connectivity index (χ1v) is 7.91. The molecule has 3 fully saturated rings. The van der Waals surface area contributed by atoms with Crippen LogP contribution in [-0.2, 0) is 6.42 Å². The Morgan fingerprint density at radius 3 is 2.14 bits per heavy atom. The van der Waals surface area contributed by atoms with Crippen LogP contribution in [0.1, 0.15) is 5.56 Å². The summed E-state index contributed by atoms with van der Waals surface area (Å²) in [7, 11) is -6.00. The summed E-state index contributed by atoms with van der Waals surface area (Å²) in [5.74, 6) is 0. The van der Waals surface area contributed by atoms with Gasteiger partial charge in [-0.15, -0.1) is 0 Å². The lowest BCUT2D eigenvalue weighted by atomic mass is 9.98. The lowest BCUT2D eigenvalue weighted by Crippen LogP contribution is -2.70. The van der Waals surface area contributed by atoms with Gasteiger partial charge in [-0.25, -0.2) is 0 Å². The minimum Gasteiger partial charge on any atom is -0.418 e. The van der Waals surface area contributed by atoms with Crippen LogP contribution >= 0.6 is 11.6 Å². The number of nitrogens with zero attached hydrogens (tertiary/aromatic N) is 2. The summed E-state index contributed by atoms with van der Waals surface area (Å²) in [6.07, 6.45) is 1.18. The summed E-state index contributed by atoms with van der Waals surface area (Å²) in [5.41, 5.74) is 1.46. The van der Waals surface area contributed by atoms with Crippen molar-refractivity contribution in [3.63, 3.8) is 0 Å². The molecule has 2 bridgehead atoms. The molecule has 4 rings (SSSR count). The van der Waals surface area contributed by atoms with Crippen LogP contribution in [0, 0.1) is 0 Å². The number of fused-ring (bicyclic) bond motifs is 3. The molecule has 1 atom stereocenters. The third-order valence-corrected chi connectivity index (χ3v) is 4.91. The second-order valence-electron chi connectivity index (χ2n) is 5.97. The molecule has 0 amide bonds. The van der Waals surface area contributed by atoms with E-state index in [0.29, 0.717) is 6.04 Å². The summed E-state index contributed by atoms with van der Waals surface area (Å²) in [5, 5.41) is 0. The quantitative estimate of drug-likeness (QED) is 0.269. The third kappa shape index (κ3) is 5.14. The summed E-state index contributed by atoms with van der Waals surface area (Å²) < 4.78 is 40.1. The van der Waals surface area contributed by atoms with Gasteiger partial charge in [-0.05, 0) is 12.0 Å². The van der Waals surface area contributed by atoms with Crippen LogP contribution in [0.4, 0.5) is 17.3 Å². The number of piperazine rings is 3. The normalized spacial score (nSPS) is 30.6. The van der Waals surface area contributed by atoms with Crippen molar-refractivity contribution in [1.29, 1.82) is 0 Å². The van der Waals surface area contributed by atoms with Gasteiger partial charge in [0.15, 0.2) is 6.00 Å². The average Bonchev–Trinajstić information content (AvgIpc) is 2.48. The molecular weight excluding hydrogens is 318 g/mol. The Morgan fingerprint density at radius 2 is 1.64 bits per heavy atom. The topological polar surface area (TPSA) is 3.24 Å². The number of quaternary nitrogens is 1. The molecule has 124 valence electrons. The zero-order chi connectivity index (χ0) is 16.2. The third-order valence-electron chi connectivity index (χ3n) is 4.41. The largest absolute Gasteiger partial charge is 0.673 e. The molecule has 3 saturated heterocycles. The molecule has 22 heavy (non-hydrogen) atoms. The SMILES string of the molecule is ClC[N+]12CCN(CC1)[C@H](Cc1ccccc1)C2.F[B-](F)(F)F. The number of hydrogen-bond acceptors (Lipinski definition) is 1. The van der Waals surface area contributed by atoms with Crippen LogP contribution in [0.15, 0.2) is 30.3 Å². The van der Waals surface area contributed by atoms with Crippen molar-refractivity contribution in [3.8, 4) is 0 Å². The van der Waals surface area contributed by atoms with Gasteiger partial charge in [0, 0.05) is 13.1 Å². The number of halogens is 5. The molecule has 0 spiro atoms. The molecule has 3 heterocycles. The molecule has 3 aliphatic rings. The van der Waals surface area contributed by atoms with E-state index in [1.807, 2.05) is 0 Å². The van der Waals surface area contributed by atoms with E-state index in [0.717, 1.165) is 10.5 Å². The molecule has 0 saturated carbocycles. The molecule has 0 aromatic heterocycles. The molecule has 0 unspecified atom stereocenters. The summed E-state index contributed by atoms with van der Waals surface area (Å²) in [6.45, 7) is 6.18. The first kappa shape index (κ1) is 17.6. The Hall–Kier alpha value is -0.785. The molecule has 2 nitrogen and oxygen atoms in total. The monoisotopic (exact) mass is 338 g/mol. The number of rotatable bonds is 3. The van der Waals surface area contributed by atoms with E-state index < -0.39 is 7.25 Å². The van der Waals surface area contributed by atoms with E-state index in [-0.39, 0.29) is 0 Å². The Balaban J connectivity index is 0.000000309. The zero-order valence-corrected chi connectivity index (χ0v) is 13.0. The molecule has 0 aliphatic carbocycles. The maximum Gasteiger partial charge on any atom is 0.673 e. The Bertz CT molecular complexity index is 458. The van der Waals surface area contributed by atoms with Crippen molar-refractivity contribution in [1.82, 2.24) is 4.90 Å². The lowest BCUT2D eigenvalue weighted by Gasteiger charge is -2.53. The molecular formula is C14H20BClF4N2. The van der Waals surface area contributed by atoms with Crippen LogP contribution in [0.5, 0.6) is 0 Å². The summed E-state index contributed by atoms with van der Waals surface area (Å²) in [6, 6.07) is 12.3. The first-order valence-electron chi connectivity index (χ1n) is 7.38. The van der Waals surface area contributed by atoms with Gasteiger partial charge in [0.1, 0.15) is 0 Å². The fourth-order valence-corrected chi connectivity index (χ4v) is 3.60. The van der Waals surface area contributed by atoms with Crippen LogP contribution < -0.4 is 0 Å². The van der Waals surface area contributed by atoms with Gasteiger partial charge in [0.2, 0.25) is 0 Å². The molecule has 0 N–H and O–H groups in total. The maximum atomic E-state index is 9.75. The highest BCUT2D eigenvalue weighted by Crippen LogP contribution is 2.26. The van der Waals surface area contributed by atoms with Crippen LogP contribution in [0.2, 0.25) is 0 Å². The number of hydrogen-bond donors (Lipinski definition) is 0. The van der Waals surface area contributed by atoms with E-state index in [1.165, 1.54) is 44.7 Å². The molecule has 8 heteroatoms. The van der Waals surface area contributed by atoms with Gasteiger partial charge in [-0.2, -0.15) is 0 Å². The Kier molecular flexibility index (Phi) is 5.74. The highest BCUT2D eigenvalue weighted by atomic mass is 35.5. The highest BCUT2D eigenvalue weighted by molar-refractivity contribution is 6.50. The number of alkyl halides is 1. The second kappa shape index (κ2) is 7.19. The summed E-state index contributed by atoms with van der Waals surface area (Å²) >= 11 is 6.18. The van der Waals surface area contributed by atoms with Gasteiger partial charge in [-0.3, -0.25) is 4.90 Å². The van der Waals surface area contributed by atoms with Crippen molar-refractivity contribution in [3.05, 3.63) is 35.9 Å². The predicted molar refractivity (Wildman–Crippen MR) is 81.3 cm³/mol. The Morgan fingerprint density at radius 1 is 1.09 bits per heavy atom. The Labute approximate surface area is 133 Å². The second-order valence-corrected chi connectivity index (χ2v) is 6.20. The van der Waals surface area contributed by atoms with Crippen molar-refractivity contribution in [2.75, 3.05) is 38.7 Å². The standard InChI is InChI=1S/C14H20ClN2.BF4/c15-12-17-8-6-16(7-9-17)14(11-17)10-13-4-2-1-3-5-13;2-1(3,4)5/h1-5,14H,6-12H2;/q+1;-1/t14-;/m1./s1. The van der Waals surface area contributed by atoms with Gasteiger partial charge >= 0.3 is 7.25 Å². The van der Waals surface area contributed by atoms with Gasteiger partial charge < -0.3 is 21.7 Å². The number of benzene rings is 1. The van der Waals surface area contributed by atoms with E-state index in [9.17, 15) is 17.3 Å². The minimum absolute atomic E-state index is 0.693. The highest BCUT2D eigenvalue weighted by Gasteiger charge is 2.43. The molecule has 0 radical (unpaired) electrons. The lowest BCUT2D eigenvalue weighted by molar-refractivity contribution is -0.934. The van der Waals surface area contributed by atoms with Crippen molar-refractivity contribution < 1.29 is 21.7 Å². The first-order chi connectivity index (χ1) is 10.3. The van der Waals surface area contributed by atoms with Crippen molar-refractivity contribution in [2.45, 2.75) is 12.5 Å². The fraction of sp³-hybridized carbons (Fsp3) is 0.571. The van der Waals surface area contributed by atoms with Crippen LogP contribution in [0.3, 0.4) is 0 Å². The predicted octanol–water partition coefficient (Wildman–Crippen LogP) is 3.24. The van der Waals surface area contributed by atoms with Crippen LogP contribution in [0.25, 0.3) is 0 Å². The smallest absolute Gasteiger partial charge is 0.418 e.